The summed E-state index contributed by atoms with van der Waals surface area (Å²) in [6.07, 6.45) is 0. The van der Waals surface area contributed by atoms with Crippen LogP contribution >= 0.6 is 58.0 Å². The Morgan fingerprint density at radius 1 is 0.879 bits per heavy atom. The second-order valence-corrected chi connectivity index (χ2v) is 10.1. The topological polar surface area (TPSA) is 67.4 Å². The third kappa shape index (κ3) is 5.34. The van der Waals surface area contributed by atoms with E-state index in [4.69, 9.17) is 62.8 Å². The largest absolute Gasteiger partial charge is 0.379 e. The van der Waals surface area contributed by atoms with Gasteiger partial charge in [-0.25, -0.2) is 0 Å². The quantitative estimate of drug-likeness (QED) is 0.262. The third-order valence-electron chi connectivity index (χ3n) is 5.06. The zero-order valence-electron chi connectivity index (χ0n) is 16.6. The molecule has 3 aromatic rings. The summed E-state index contributed by atoms with van der Waals surface area (Å²) in [7, 11) is 0. The zero-order valence-corrected chi connectivity index (χ0v) is 20.4. The molecule has 33 heavy (non-hydrogen) atoms. The molecule has 1 aliphatic rings. The summed E-state index contributed by atoms with van der Waals surface area (Å²) in [5.74, 6) is -1.79. The normalized spacial score (nSPS) is 18.3. The smallest absolute Gasteiger partial charge is 0.285 e. The molecule has 1 aliphatic carbocycles. The molecule has 0 aromatic heterocycles. The Hall–Kier alpha value is -2.15. The maximum atomic E-state index is 12.9. The summed E-state index contributed by atoms with van der Waals surface area (Å²) in [5.41, 5.74) is 3.43. The fourth-order valence-corrected chi connectivity index (χ4v) is 5.04. The first kappa shape index (κ1) is 24.0. The Morgan fingerprint density at radius 3 is 2.21 bits per heavy atom. The van der Waals surface area contributed by atoms with Gasteiger partial charge in [0.25, 0.3) is 5.91 Å². The molecule has 1 fully saturated rings. The van der Waals surface area contributed by atoms with Crippen molar-refractivity contribution in [1.82, 2.24) is 5.48 Å². The average molecular weight is 545 g/mol. The number of carbonyl (C=O) groups is 2. The summed E-state index contributed by atoms with van der Waals surface area (Å²) in [6, 6.07) is 18.1. The first-order chi connectivity index (χ1) is 15.7. The van der Waals surface area contributed by atoms with Crippen LogP contribution in [0.1, 0.15) is 21.8 Å². The van der Waals surface area contributed by atoms with Crippen molar-refractivity contribution in [3.05, 3.63) is 92.9 Å². The van der Waals surface area contributed by atoms with Crippen molar-refractivity contribution in [1.29, 1.82) is 0 Å². The summed E-state index contributed by atoms with van der Waals surface area (Å²) in [5, 5.41) is 3.75. The van der Waals surface area contributed by atoms with E-state index in [9.17, 15) is 9.59 Å². The van der Waals surface area contributed by atoms with E-state index in [0.717, 1.165) is 0 Å². The minimum Gasteiger partial charge on any atom is -0.379 e. The van der Waals surface area contributed by atoms with Gasteiger partial charge < -0.3 is 10.2 Å². The molecule has 10 heteroatoms. The van der Waals surface area contributed by atoms with Gasteiger partial charge in [-0.1, -0.05) is 53.0 Å². The maximum absolute atomic E-state index is 12.9. The first-order valence-electron chi connectivity index (χ1n) is 9.63. The first-order valence-corrected chi connectivity index (χ1v) is 11.5. The number of rotatable bonds is 6. The molecule has 2 amide bonds. The Kier molecular flexibility index (Phi) is 6.99. The standard InChI is InChI=1S/C23H15Cl5N2O3/c24-13-8-12(9-14(25)10-13)19-20(23(19,27)28)22(32)29-15-6-7-18(26)17(11-15)21(31)30-33-16-4-2-1-3-5-16/h1-11,19-20H,(H,29,32)(H,30,31)/t19-,20+/m1/s1. The number of anilines is 1. The second kappa shape index (κ2) is 9.61. The Balaban J connectivity index is 1.46. The van der Waals surface area contributed by atoms with E-state index in [2.05, 4.69) is 10.8 Å². The molecule has 0 spiro atoms. The van der Waals surface area contributed by atoms with Gasteiger partial charge >= 0.3 is 0 Å². The Labute approximate surface area is 214 Å². The van der Waals surface area contributed by atoms with Gasteiger partial charge in [-0.05, 0) is 54.1 Å². The van der Waals surface area contributed by atoms with Gasteiger partial charge in [-0.2, -0.15) is 5.48 Å². The van der Waals surface area contributed by atoms with Crippen LogP contribution in [0.25, 0.3) is 0 Å². The van der Waals surface area contributed by atoms with Crippen molar-refractivity contribution >= 4 is 75.5 Å². The van der Waals surface area contributed by atoms with Gasteiger partial charge in [0.1, 0.15) is 4.33 Å². The Bertz CT molecular complexity index is 1200. The molecule has 5 nitrogen and oxygen atoms in total. The molecule has 0 unspecified atom stereocenters. The number of carbonyl (C=O) groups excluding carboxylic acids is 2. The number of hydrogen-bond acceptors (Lipinski definition) is 3. The van der Waals surface area contributed by atoms with Crippen LogP contribution in [-0.4, -0.2) is 16.1 Å². The minimum atomic E-state index is -1.33. The highest BCUT2D eigenvalue weighted by atomic mass is 35.5. The monoisotopic (exact) mass is 542 g/mol. The lowest BCUT2D eigenvalue weighted by Crippen LogP contribution is -2.27. The van der Waals surface area contributed by atoms with E-state index in [1.165, 1.54) is 12.1 Å². The van der Waals surface area contributed by atoms with Crippen LogP contribution in [0, 0.1) is 5.92 Å². The predicted octanol–water partition coefficient (Wildman–Crippen LogP) is 6.90. The molecular formula is C23H15Cl5N2O3. The number of hydroxylamine groups is 1. The SMILES string of the molecule is O=C(NOc1ccccc1)c1cc(NC(=O)[C@@H]2[C@@H](c3cc(Cl)cc(Cl)c3)C2(Cl)Cl)ccc1Cl. The molecule has 3 aromatic carbocycles. The van der Waals surface area contributed by atoms with E-state index in [1.54, 1.807) is 48.5 Å². The molecule has 2 atom stereocenters. The van der Waals surface area contributed by atoms with Crippen molar-refractivity contribution in [2.45, 2.75) is 10.3 Å². The molecule has 170 valence electrons. The van der Waals surface area contributed by atoms with E-state index in [1.807, 2.05) is 6.07 Å². The molecule has 4 rings (SSSR count). The fourth-order valence-electron chi connectivity index (χ4n) is 3.47. The van der Waals surface area contributed by atoms with Crippen LogP contribution in [0.2, 0.25) is 15.1 Å². The molecule has 0 heterocycles. The summed E-state index contributed by atoms with van der Waals surface area (Å²) >= 11 is 31.1. The number of alkyl halides is 2. The molecule has 0 bridgehead atoms. The van der Waals surface area contributed by atoms with E-state index in [0.29, 0.717) is 27.0 Å². The minimum absolute atomic E-state index is 0.113. The highest BCUT2D eigenvalue weighted by Gasteiger charge is 2.67. The van der Waals surface area contributed by atoms with Crippen LogP contribution in [0.15, 0.2) is 66.7 Å². The van der Waals surface area contributed by atoms with Crippen molar-refractivity contribution in [2.75, 3.05) is 5.32 Å². The van der Waals surface area contributed by atoms with Crippen LogP contribution in [0.3, 0.4) is 0 Å². The average Bonchev–Trinajstić information content (AvgIpc) is 3.35. The molecule has 0 saturated heterocycles. The molecule has 0 radical (unpaired) electrons. The zero-order chi connectivity index (χ0) is 23.8. The van der Waals surface area contributed by atoms with Crippen LogP contribution < -0.4 is 15.6 Å². The van der Waals surface area contributed by atoms with Gasteiger partial charge in [0.15, 0.2) is 5.75 Å². The highest BCUT2D eigenvalue weighted by Crippen LogP contribution is 2.65. The Morgan fingerprint density at radius 2 is 1.55 bits per heavy atom. The van der Waals surface area contributed by atoms with Crippen molar-refractivity contribution in [2.24, 2.45) is 5.92 Å². The summed E-state index contributed by atoms with van der Waals surface area (Å²) < 4.78 is -1.33. The third-order valence-corrected chi connectivity index (χ3v) is 6.77. The fraction of sp³-hybridized carbons (Fsp3) is 0.130. The molecule has 0 aliphatic heterocycles. The van der Waals surface area contributed by atoms with Gasteiger partial charge in [-0.3, -0.25) is 9.59 Å². The maximum Gasteiger partial charge on any atom is 0.285 e. The van der Waals surface area contributed by atoms with Gasteiger partial charge in [-0.15, -0.1) is 23.2 Å². The lowest BCUT2D eigenvalue weighted by Gasteiger charge is -2.11. The van der Waals surface area contributed by atoms with Crippen LogP contribution in [0.5, 0.6) is 5.75 Å². The second-order valence-electron chi connectivity index (χ2n) is 7.36. The van der Waals surface area contributed by atoms with Crippen molar-refractivity contribution in [3.63, 3.8) is 0 Å². The molecule has 1 saturated carbocycles. The van der Waals surface area contributed by atoms with E-state index in [-0.39, 0.29) is 10.6 Å². The van der Waals surface area contributed by atoms with Crippen LogP contribution in [0.4, 0.5) is 5.69 Å². The number of benzene rings is 3. The predicted molar refractivity (Wildman–Crippen MR) is 132 cm³/mol. The van der Waals surface area contributed by atoms with Crippen molar-refractivity contribution < 1.29 is 14.4 Å². The number of nitrogens with one attached hydrogen (secondary N) is 2. The number of amides is 2. The highest BCUT2D eigenvalue weighted by molar-refractivity contribution is 6.53. The number of halogens is 5. The van der Waals surface area contributed by atoms with Crippen molar-refractivity contribution in [3.8, 4) is 5.75 Å². The van der Waals surface area contributed by atoms with Crippen LogP contribution in [-0.2, 0) is 4.79 Å². The van der Waals surface area contributed by atoms with Gasteiger partial charge in [0.05, 0.1) is 16.5 Å². The van der Waals surface area contributed by atoms with Gasteiger partial charge in [0.2, 0.25) is 5.91 Å². The lowest BCUT2D eigenvalue weighted by atomic mass is 10.1. The van der Waals surface area contributed by atoms with E-state index >= 15 is 0 Å². The number of para-hydroxylation sites is 1. The van der Waals surface area contributed by atoms with Gasteiger partial charge in [0, 0.05) is 21.7 Å². The molecule has 2 N–H and O–H groups in total. The molecular weight excluding hydrogens is 530 g/mol. The summed E-state index contributed by atoms with van der Waals surface area (Å²) in [4.78, 5) is 30.7. The van der Waals surface area contributed by atoms with E-state index < -0.39 is 28.0 Å². The summed E-state index contributed by atoms with van der Waals surface area (Å²) in [6.45, 7) is 0. The number of hydrogen-bond donors (Lipinski definition) is 2. The lowest BCUT2D eigenvalue weighted by molar-refractivity contribution is -0.117.